The van der Waals surface area contributed by atoms with Gasteiger partial charge < -0.3 is 10.3 Å². The molecule has 0 saturated carbocycles. The van der Waals surface area contributed by atoms with Gasteiger partial charge in [-0.3, -0.25) is 0 Å². The highest BCUT2D eigenvalue weighted by Gasteiger charge is 2.30. The van der Waals surface area contributed by atoms with Crippen molar-refractivity contribution < 1.29 is 13.2 Å². The summed E-state index contributed by atoms with van der Waals surface area (Å²) in [5, 5.41) is 2.78. The minimum atomic E-state index is -4.35. The van der Waals surface area contributed by atoms with Crippen molar-refractivity contribution in [1.29, 1.82) is 0 Å². The van der Waals surface area contributed by atoms with Gasteiger partial charge in [0.2, 0.25) is 0 Å². The highest BCUT2D eigenvalue weighted by Crippen LogP contribution is 2.29. The summed E-state index contributed by atoms with van der Waals surface area (Å²) in [6.07, 6.45) is -0.150. The summed E-state index contributed by atoms with van der Waals surface area (Å²) >= 11 is 0. The molecule has 2 N–H and O–H groups in total. The Kier molecular flexibility index (Phi) is 2.99. The van der Waals surface area contributed by atoms with Crippen LogP contribution in [0.1, 0.15) is 11.3 Å². The molecule has 2 heterocycles. The Hall–Kier alpha value is -2.05. The van der Waals surface area contributed by atoms with E-state index in [1.807, 2.05) is 0 Å². The van der Waals surface area contributed by atoms with Crippen LogP contribution in [0.5, 0.6) is 0 Å². The summed E-state index contributed by atoms with van der Waals surface area (Å²) in [6, 6.07) is 1.90. The lowest BCUT2D eigenvalue weighted by Gasteiger charge is -2.08. The van der Waals surface area contributed by atoms with Crippen molar-refractivity contribution in [3.05, 3.63) is 42.1 Å². The van der Waals surface area contributed by atoms with E-state index in [2.05, 4.69) is 20.3 Å². The molecule has 0 aliphatic heterocycles. The number of halogens is 3. The number of rotatable bonds is 3. The number of alkyl halides is 3. The first-order valence-electron chi connectivity index (χ1n) is 4.80. The van der Waals surface area contributed by atoms with E-state index < -0.39 is 11.7 Å². The molecule has 0 aliphatic carbocycles. The summed E-state index contributed by atoms with van der Waals surface area (Å²) in [4.78, 5) is 10.4. The van der Waals surface area contributed by atoms with E-state index in [0.29, 0.717) is 6.54 Å². The number of aromatic amines is 1. The molecule has 0 bridgehead atoms. The molecule has 0 aromatic carbocycles. The summed E-state index contributed by atoms with van der Waals surface area (Å²) < 4.78 is 37.2. The maximum absolute atomic E-state index is 12.4. The number of nitrogens with zero attached hydrogens (tertiary/aromatic N) is 2. The normalized spacial score (nSPS) is 11.5. The molecule has 0 saturated heterocycles. The van der Waals surface area contributed by atoms with Crippen LogP contribution in [0, 0.1) is 0 Å². The van der Waals surface area contributed by atoms with Crippen LogP contribution in [-0.4, -0.2) is 15.0 Å². The van der Waals surface area contributed by atoms with Crippen molar-refractivity contribution in [3.63, 3.8) is 0 Å². The lowest BCUT2D eigenvalue weighted by molar-refractivity contribution is -0.137. The van der Waals surface area contributed by atoms with Crippen LogP contribution >= 0.6 is 0 Å². The number of nitrogens with one attached hydrogen (secondary N) is 2. The fraction of sp³-hybridized carbons (Fsp3) is 0.200. The van der Waals surface area contributed by atoms with Crippen LogP contribution in [0.4, 0.5) is 19.0 Å². The second-order valence-corrected chi connectivity index (χ2v) is 3.36. The lowest BCUT2D eigenvalue weighted by atomic mass is 10.2. The smallest absolute Gasteiger partial charge is 0.364 e. The van der Waals surface area contributed by atoms with Gasteiger partial charge in [-0.2, -0.15) is 13.2 Å². The van der Waals surface area contributed by atoms with Crippen molar-refractivity contribution in [2.24, 2.45) is 0 Å². The number of H-pyrrole nitrogens is 1. The predicted molar refractivity (Wildman–Crippen MR) is 55.2 cm³/mol. The van der Waals surface area contributed by atoms with Crippen molar-refractivity contribution in [2.75, 3.05) is 5.32 Å². The van der Waals surface area contributed by atoms with Crippen molar-refractivity contribution in [1.82, 2.24) is 15.0 Å². The fourth-order valence-electron chi connectivity index (χ4n) is 1.27. The SMILES string of the molecule is FC(F)(F)c1ccnc(NCc2cnc[nH]2)c1. The second kappa shape index (κ2) is 4.44. The van der Waals surface area contributed by atoms with Gasteiger partial charge in [0.1, 0.15) is 5.82 Å². The quantitative estimate of drug-likeness (QED) is 0.869. The molecule has 17 heavy (non-hydrogen) atoms. The Morgan fingerprint density at radius 1 is 1.35 bits per heavy atom. The van der Waals surface area contributed by atoms with E-state index in [4.69, 9.17) is 0 Å². The van der Waals surface area contributed by atoms with Gasteiger partial charge in [-0.15, -0.1) is 0 Å². The largest absolute Gasteiger partial charge is 0.416 e. The molecule has 0 fully saturated rings. The lowest BCUT2D eigenvalue weighted by Crippen LogP contribution is -2.07. The van der Waals surface area contributed by atoms with E-state index >= 15 is 0 Å². The van der Waals surface area contributed by atoms with Crippen LogP contribution in [0.2, 0.25) is 0 Å². The predicted octanol–water partition coefficient (Wildman–Crippen LogP) is 2.44. The van der Waals surface area contributed by atoms with Gasteiger partial charge in [0.25, 0.3) is 0 Å². The van der Waals surface area contributed by atoms with Gasteiger partial charge >= 0.3 is 6.18 Å². The summed E-state index contributed by atoms with van der Waals surface area (Å²) in [5.41, 5.74) is 0.0452. The Morgan fingerprint density at radius 2 is 2.18 bits per heavy atom. The molecule has 2 aromatic rings. The molecule has 2 aromatic heterocycles. The minimum absolute atomic E-state index is 0.175. The Balaban J connectivity index is 2.07. The fourth-order valence-corrected chi connectivity index (χ4v) is 1.27. The number of pyridine rings is 1. The highest BCUT2D eigenvalue weighted by atomic mass is 19.4. The maximum Gasteiger partial charge on any atom is 0.416 e. The monoisotopic (exact) mass is 242 g/mol. The van der Waals surface area contributed by atoms with Crippen LogP contribution in [0.15, 0.2) is 30.9 Å². The van der Waals surface area contributed by atoms with E-state index in [9.17, 15) is 13.2 Å². The molecule has 0 aliphatic rings. The van der Waals surface area contributed by atoms with Gasteiger partial charge in [0.15, 0.2) is 0 Å². The minimum Gasteiger partial charge on any atom is -0.364 e. The molecule has 0 amide bonds. The first-order chi connectivity index (χ1) is 8.05. The summed E-state index contributed by atoms with van der Waals surface area (Å²) in [5.74, 6) is 0.175. The van der Waals surface area contributed by atoms with Crippen LogP contribution in [0.3, 0.4) is 0 Å². The molecule has 90 valence electrons. The highest BCUT2D eigenvalue weighted by molar-refractivity contribution is 5.38. The molecule has 0 atom stereocenters. The van der Waals surface area contributed by atoms with Gasteiger partial charge in [-0.1, -0.05) is 0 Å². The molecule has 4 nitrogen and oxygen atoms in total. The number of hydrogen-bond donors (Lipinski definition) is 2. The first kappa shape index (κ1) is 11.4. The summed E-state index contributed by atoms with van der Waals surface area (Å²) in [7, 11) is 0. The molecule has 2 rings (SSSR count). The molecule has 0 unspecified atom stereocenters. The van der Waals surface area contributed by atoms with Gasteiger partial charge in [0.05, 0.1) is 24.1 Å². The van der Waals surface area contributed by atoms with Crippen molar-refractivity contribution in [2.45, 2.75) is 12.7 Å². The van der Waals surface area contributed by atoms with Gasteiger partial charge in [-0.05, 0) is 12.1 Å². The Morgan fingerprint density at radius 3 is 2.82 bits per heavy atom. The molecular formula is C10H9F3N4. The zero-order chi connectivity index (χ0) is 12.3. The molecule has 7 heteroatoms. The van der Waals surface area contributed by atoms with E-state index in [0.717, 1.165) is 24.0 Å². The topological polar surface area (TPSA) is 53.6 Å². The first-order valence-corrected chi connectivity index (χ1v) is 4.80. The molecular weight excluding hydrogens is 233 g/mol. The van der Waals surface area contributed by atoms with E-state index in [1.54, 1.807) is 6.20 Å². The van der Waals surface area contributed by atoms with Crippen LogP contribution < -0.4 is 5.32 Å². The summed E-state index contributed by atoms with van der Waals surface area (Å²) in [6.45, 7) is 0.342. The maximum atomic E-state index is 12.4. The second-order valence-electron chi connectivity index (χ2n) is 3.36. The Labute approximate surface area is 94.9 Å². The third kappa shape index (κ3) is 2.96. The van der Waals surface area contributed by atoms with Crippen LogP contribution in [-0.2, 0) is 12.7 Å². The van der Waals surface area contributed by atoms with Gasteiger partial charge in [0, 0.05) is 12.4 Å². The zero-order valence-corrected chi connectivity index (χ0v) is 8.62. The van der Waals surface area contributed by atoms with E-state index in [-0.39, 0.29) is 5.82 Å². The number of aromatic nitrogens is 3. The zero-order valence-electron chi connectivity index (χ0n) is 8.62. The molecule has 0 radical (unpaired) electrons. The number of anilines is 1. The third-order valence-electron chi connectivity index (χ3n) is 2.10. The van der Waals surface area contributed by atoms with Gasteiger partial charge in [-0.25, -0.2) is 9.97 Å². The van der Waals surface area contributed by atoms with Crippen LogP contribution in [0.25, 0.3) is 0 Å². The number of imidazole rings is 1. The average molecular weight is 242 g/mol. The standard InChI is InChI=1S/C10H9F3N4/c11-10(12,13)7-1-2-15-9(3-7)16-5-8-4-14-6-17-8/h1-4,6H,5H2,(H,14,17)(H,15,16). The van der Waals surface area contributed by atoms with E-state index in [1.165, 1.54) is 6.33 Å². The van der Waals surface area contributed by atoms with Crippen molar-refractivity contribution in [3.8, 4) is 0 Å². The molecule has 0 spiro atoms. The number of hydrogen-bond acceptors (Lipinski definition) is 3. The van der Waals surface area contributed by atoms with Crippen molar-refractivity contribution >= 4 is 5.82 Å². The Bertz CT molecular complexity index is 479. The average Bonchev–Trinajstić information content (AvgIpc) is 2.78. The third-order valence-corrected chi connectivity index (χ3v) is 2.10.